The molecule has 0 saturated carbocycles. The molecular weight excluding hydrogens is 282 g/mol. The van der Waals surface area contributed by atoms with Crippen molar-refractivity contribution in [3.63, 3.8) is 0 Å². The van der Waals surface area contributed by atoms with E-state index in [0.717, 1.165) is 4.90 Å². The molecule has 1 atom stereocenters. The van der Waals surface area contributed by atoms with Gasteiger partial charge in [-0.15, -0.1) is 11.8 Å². The molecule has 0 aliphatic heterocycles. The van der Waals surface area contributed by atoms with E-state index in [4.69, 9.17) is 4.74 Å². The van der Waals surface area contributed by atoms with Gasteiger partial charge in [-0.2, -0.15) is 0 Å². The van der Waals surface area contributed by atoms with E-state index in [0.29, 0.717) is 18.0 Å². The fraction of sp³-hybridized carbons (Fsp3) is 0.235. The van der Waals surface area contributed by atoms with Gasteiger partial charge in [0.2, 0.25) is 5.91 Å². The standard InChI is InChI=1S/C17H19NO2S/c1-3-20-16-12-8-7-11-15(16)18-17(19)13(2)21-14-9-5-4-6-10-14/h4-13H,3H2,1-2H3,(H,18,19)/t13-/m1/s1. The number of para-hydroxylation sites is 2. The fourth-order valence-corrected chi connectivity index (χ4v) is 2.73. The molecule has 0 unspecified atom stereocenters. The molecule has 2 aromatic carbocycles. The minimum Gasteiger partial charge on any atom is -0.492 e. The number of thioether (sulfide) groups is 1. The van der Waals surface area contributed by atoms with Crippen molar-refractivity contribution in [2.45, 2.75) is 24.0 Å². The van der Waals surface area contributed by atoms with Crippen LogP contribution in [0.2, 0.25) is 0 Å². The van der Waals surface area contributed by atoms with E-state index >= 15 is 0 Å². The van der Waals surface area contributed by atoms with Crippen LogP contribution in [0.4, 0.5) is 5.69 Å². The maximum atomic E-state index is 12.3. The highest BCUT2D eigenvalue weighted by Crippen LogP contribution is 2.27. The Labute approximate surface area is 129 Å². The van der Waals surface area contributed by atoms with E-state index in [9.17, 15) is 4.79 Å². The molecule has 21 heavy (non-hydrogen) atoms. The lowest BCUT2D eigenvalue weighted by Gasteiger charge is -2.14. The van der Waals surface area contributed by atoms with Crippen molar-refractivity contribution >= 4 is 23.4 Å². The molecule has 2 aromatic rings. The molecule has 0 saturated heterocycles. The molecule has 4 heteroatoms. The number of rotatable bonds is 6. The number of benzene rings is 2. The SMILES string of the molecule is CCOc1ccccc1NC(=O)[C@@H](C)Sc1ccccc1. The van der Waals surface area contributed by atoms with Crippen molar-refractivity contribution in [3.8, 4) is 5.75 Å². The number of nitrogens with one attached hydrogen (secondary N) is 1. The van der Waals surface area contributed by atoms with Gasteiger partial charge in [0.1, 0.15) is 5.75 Å². The summed E-state index contributed by atoms with van der Waals surface area (Å²) in [6.07, 6.45) is 0. The largest absolute Gasteiger partial charge is 0.492 e. The van der Waals surface area contributed by atoms with Gasteiger partial charge in [-0.3, -0.25) is 4.79 Å². The van der Waals surface area contributed by atoms with E-state index in [2.05, 4.69) is 5.32 Å². The van der Waals surface area contributed by atoms with Gasteiger partial charge in [-0.1, -0.05) is 30.3 Å². The number of hydrogen-bond acceptors (Lipinski definition) is 3. The van der Waals surface area contributed by atoms with E-state index in [1.165, 1.54) is 11.8 Å². The van der Waals surface area contributed by atoms with Crippen molar-refractivity contribution in [3.05, 3.63) is 54.6 Å². The topological polar surface area (TPSA) is 38.3 Å². The monoisotopic (exact) mass is 301 g/mol. The molecule has 2 rings (SSSR count). The second kappa shape index (κ2) is 7.74. The summed E-state index contributed by atoms with van der Waals surface area (Å²) in [6.45, 7) is 4.39. The summed E-state index contributed by atoms with van der Waals surface area (Å²) in [5.41, 5.74) is 0.713. The van der Waals surface area contributed by atoms with Crippen molar-refractivity contribution in [2.75, 3.05) is 11.9 Å². The van der Waals surface area contributed by atoms with Crippen molar-refractivity contribution in [2.24, 2.45) is 0 Å². The van der Waals surface area contributed by atoms with Crippen LogP contribution in [0.25, 0.3) is 0 Å². The van der Waals surface area contributed by atoms with Crippen LogP contribution in [-0.4, -0.2) is 17.8 Å². The van der Waals surface area contributed by atoms with Crippen LogP contribution in [0.1, 0.15) is 13.8 Å². The Bertz CT molecular complexity index is 586. The Morgan fingerprint density at radius 2 is 1.81 bits per heavy atom. The lowest BCUT2D eigenvalue weighted by molar-refractivity contribution is -0.115. The Balaban J connectivity index is 2.01. The normalized spacial score (nSPS) is 11.7. The van der Waals surface area contributed by atoms with Gasteiger partial charge < -0.3 is 10.1 Å². The van der Waals surface area contributed by atoms with Gasteiger partial charge in [0.25, 0.3) is 0 Å². The Kier molecular flexibility index (Phi) is 5.69. The predicted molar refractivity (Wildman–Crippen MR) is 88.0 cm³/mol. The Morgan fingerprint density at radius 3 is 2.52 bits per heavy atom. The zero-order valence-corrected chi connectivity index (χ0v) is 13.0. The summed E-state index contributed by atoms with van der Waals surface area (Å²) < 4.78 is 5.51. The highest BCUT2D eigenvalue weighted by molar-refractivity contribution is 8.00. The van der Waals surface area contributed by atoms with Crippen molar-refractivity contribution in [1.29, 1.82) is 0 Å². The summed E-state index contributed by atoms with van der Waals surface area (Å²) >= 11 is 1.54. The first-order valence-corrected chi connectivity index (χ1v) is 7.83. The molecule has 0 aliphatic carbocycles. The molecule has 1 N–H and O–H groups in total. The molecule has 0 radical (unpaired) electrons. The van der Waals surface area contributed by atoms with Gasteiger partial charge in [0, 0.05) is 4.90 Å². The van der Waals surface area contributed by atoms with E-state index in [-0.39, 0.29) is 11.2 Å². The molecule has 110 valence electrons. The van der Waals surface area contributed by atoms with Gasteiger partial charge in [-0.05, 0) is 38.1 Å². The number of carbonyl (C=O) groups excluding carboxylic acids is 1. The Morgan fingerprint density at radius 1 is 1.14 bits per heavy atom. The highest BCUT2D eigenvalue weighted by Gasteiger charge is 2.16. The first kappa shape index (κ1) is 15.4. The zero-order chi connectivity index (χ0) is 15.1. The van der Waals surface area contributed by atoms with Crippen LogP contribution < -0.4 is 10.1 Å². The second-order valence-corrected chi connectivity index (χ2v) is 5.91. The summed E-state index contributed by atoms with van der Waals surface area (Å²) in [4.78, 5) is 13.4. The van der Waals surface area contributed by atoms with Crippen molar-refractivity contribution < 1.29 is 9.53 Å². The summed E-state index contributed by atoms with van der Waals surface area (Å²) in [5.74, 6) is 0.668. The molecule has 3 nitrogen and oxygen atoms in total. The smallest absolute Gasteiger partial charge is 0.237 e. The van der Waals surface area contributed by atoms with Crippen LogP contribution in [0.15, 0.2) is 59.5 Å². The number of anilines is 1. The Hall–Kier alpha value is -1.94. The van der Waals surface area contributed by atoms with Crippen LogP contribution in [0, 0.1) is 0 Å². The van der Waals surface area contributed by atoms with Crippen LogP contribution >= 0.6 is 11.8 Å². The molecule has 1 amide bonds. The number of carbonyl (C=O) groups is 1. The molecule has 0 fully saturated rings. The van der Waals surface area contributed by atoms with Gasteiger partial charge in [-0.25, -0.2) is 0 Å². The third kappa shape index (κ3) is 4.53. The second-order valence-electron chi connectivity index (χ2n) is 4.49. The lowest BCUT2D eigenvalue weighted by Crippen LogP contribution is -2.22. The zero-order valence-electron chi connectivity index (χ0n) is 12.2. The molecule has 0 spiro atoms. The molecule has 0 aromatic heterocycles. The van der Waals surface area contributed by atoms with Gasteiger partial charge >= 0.3 is 0 Å². The molecule has 0 aliphatic rings. The van der Waals surface area contributed by atoms with E-state index < -0.39 is 0 Å². The maximum absolute atomic E-state index is 12.3. The molecular formula is C17H19NO2S. The maximum Gasteiger partial charge on any atom is 0.237 e. The van der Waals surface area contributed by atoms with Crippen LogP contribution in [0.5, 0.6) is 5.75 Å². The van der Waals surface area contributed by atoms with Crippen LogP contribution in [0.3, 0.4) is 0 Å². The third-order valence-electron chi connectivity index (χ3n) is 2.87. The highest BCUT2D eigenvalue weighted by atomic mass is 32.2. The average molecular weight is 301 g/mol. The first-order chi connectivity index (χ1) is 10.2. The van der Waals surface area contributed by atoms with E-state index in [1.54, 1.807) is 0 Å². The first-order valence-electron chi connectivity index (χ1n) is 6.95. The van der Waals surface area contributed by atoms with Gasteiger partial charge in [0.05, 0.1) is 17.5 Å². The predicted octanol–water partition coefficient (Wildman–Crippen LogP) is 4.20. The number of hydrogen-bond donors (Lipinski definition) is 1. The number of ether oxygens (including phenoxy) is 1. The average Bonchev–Trinajstić information content (AvgIpc) is 2.50. The van der Waals surface area contributed by atoms with Crippen LogP contribution in [-0.2, 0) is 4.79 Å². The minimum atomic E-state index is -0.179. The quantitative estimate of drug-likeness (QED) is 0.812. The summed E-state index contributed by atoms with van der Waals surface area (Å²) in [5, 5.41) is 2.75. The lowest BCUT2D eigenvalue weighted by atomic mass is 10.3. The minimum absolute atomic E-state index is 0.0315. The fourth-order valence-electron chi connectivity index (χ4n) is 1.84. The van der Waals surface area contributed by atoms with Crippen molar-refractivity contribution in [1.82, 2.24) is 0 Å². The summed E-state index contributed by atoms with van der Waals surface area (Å²) in [6, 6.07) is 17.4. The van der Waals surface area contributed by atoms with E-state index in [1.807, 2.05) is 68.4 Å². The van der Waals surface area contributed by atoms with Gasteiger partial charge in [0.15, 0.2) is 0 Å². The molecule has 0 heterocycles. The molecule has 0 bridgehead atoms. The third-order valence-corrected chi connectivity index (χ3v) is 3.98. The summed E-state index contributed by atoms with van der Waals surface area (Å²) in [7, 11) is 0. The number of amides is 1.